The van der Waals surface area contributed by atoms with Gasteiger partial charge in [0.05, 0.1) is 10.8 Å². The van der Waals surface area contributed by atoms with Gasteiger partial charge in [-0.25, -0.2) is 12.8 Å². The Morgan fingerprint density at radius 3 is 2.19 bits per heavy atom. The monoisotopic (exact) mass is 484 g/mol. The van der Waals surface area contributed by atoms with Gasteiger partial charge < -0.3 is 5.32 Å². The molecule has 1 fully saturated rings. The molecule has 1 atom stereocenters. The van der Waals surface area contributed by atoms with Crippen LogP contribution in [0.15, 0.2) is 53.4 Å². The van der Waals surface area contributed by atoms with Crippen LogP contribution in [0.5, 0.6) is 0 Å². The van der Waals surface area contributed by atoms with Gasteiger partial charge in [0.1, 0.15) is 5.82 Å². The molecule has 3 rings (SSSR count). The van der Waals surface area contributed by atoms with Gasteiger partial charge in [-0.1, -0.05) is 0 Å². The van der Waals surface area contributed by atoms with E-state index in [0.717, 1.165) is 16.4 Å². The number of amides is 1. The lowest BCUT2D eigenvalue weighted by Gasteiger charge is -2.32. The summed E-state index contributed by atoms with van der Waals surface area (Å²) in [4.78, 5) is 12.6. The van der Waals surface area contributed by atoms with Crippen LogP contribution in [0.4, 0.5) is 15.8 Å². The van der Waals surface area contributed by atoms with Crippen LogP contribution in [0.25, 0.3) is 0 Å². The second-order valence-corrected chi connectivity index (χ2v) is 11.4. The second-order valence-electron chi connectivity index (χ2n) is 7.61. The topological polar surface area (TPSA) is 116 Å². The van der Waals surface area contributed by atoms with Crippen molar-refractivity contribution in [2.45, 2.75) is 17.7 Å². The lowest BCUT2D eigenvalue weighted by molar-refractivity contribution is -0.120. The zero-order chi connectivity index (χ0) is 23.5. The standard InChI is InChI=1S/C20H25FN4O5S2/c1-24(2)32(29,30)25-13-3-4-15(14-25)20(26)22-17-9-11-19(12-10-17)31(27,28)23-18-7-5-16(21)6-8-18/h5-12,15,23H,3-4,13-14H2,1-2H3,(H,22,26). The highest BCUT2D eigenvalue weighted by atomic mass is 32.2. The third-order valence-electron chi connectivity index (χ3n) is 5.07. The van der Waals surface area contributed by atoms with Crippen LogP contribution in [-0.2, 0) is 25.0 Å². The number of sulfonamides is 1. The van der Waals surface area contributed by atoms with Gasteiger partial charge in [-0.15, -0.1) is 0 Å². The van der Waals surface area contributed by atoms with Crippen molar-refractivity contribution in [3.63, 3.8) is 0 Å². The normalized spacial score (nSPS) is 17.8. The number of nitrogens with zero attached hydrogens (tertiary/aromatic N) is 2. The molecule has 0 spiro atoms. The summed E-state index contributed by atoms with van der Waals surface area (Å²) in [6, 6.07) is 10.5. The van der Waals surface area contributed by atoms with Crippen molar-refractivity contribution in [2.75, 3.05) is 37.2 Å². The maximum atomic E-state index is 13.0. The van der Waals surface area contributed by atoms with Crippen LogP contribution in [0.1, 0.15) is 12.8 Å². The van der Waals surface area contributed by atoms with E-state index < -0.39 is 32.0 Å². The number of piperidine rings is 1. The van der Waals surface area contributed by atoms with E-state index in [4.69, 9.17) is 0 Å². The maximum Gasteiger partial charge on any atom is 0.281 e. The predicted octanol–water partition coefficient (Wildman–Crippen LogP) is 2.08. The Hall–Kier alpha value is -2.54. The summed E-state index contributed by atoms with van der Waals surface area (Å²) in [5.41, 5.74) is 0.613. The number of carbonyl (C=O) groups excluding carboxylic acids is 1. The fourth-order valence-corrected chi connectivity index (χ4v) is 5.54. The van der Waals surface area contributed by atoms with Crippen molar-refractivity contribution < 1.29 is 26.0 Å². The molecule has 32 heavy (non-hydrogen) atoms. The van der Waals surface area contributed by atoms with E-state index in [1.165, 1.54) is 54.8 Å². The highest BCUT2D eigenvalue weighted by Crippen LogP contribution is 2.23. The third-order valence-corrected chi connectivity index (χ3v) is 8.38. The molecule has 1 saturated heterocycles. The Labute approximate surface area is 187 Å². The molecule has 1 heterocycles. The molecule has 2 N–H and O–H groups in total. The van der Waals surface area contributed by atoms with Gasteiger partial charge in [-0.3, -0.25) is 9.52 Å². The minimum Gasteiger partial charge on any atom is -0.326 e. The average molecular weight is 485 g/mol. The van der Waals surface area contributed by atoms with Crippen LogP contribution in [-0.4, -0.2) is 58.5 Å². The highest BCUT2D eigenvalue weighted by Gasteiger charge is 2.33. The van der Waals surface area contributed by atoms with Crippen molar-refractivity contribution in [1.29, 1.82) is 0 Å². The molecular weight excluding hydrogens is 459 g/mol. The number of benzene rings is 2. The Morgan fingerprint density at radius 2 is 1.59 bits per heavy atom. The first-order valence-corrected chi connectivity index (χ1v) is 12.7. The molecule has 0 aromatic heterocycles. The van der Waals surface area contributed by atoms with E-state index in [9.17, 15) is 26.0 Å². The number of halogens is 1. The summed E-state index contributed by atoms with van der Waals surface area (Å²) in [7, 11) is -4.60. The summed E-state index contributed by atoms with van der Waals surface area (Å²) in [5, 5.41) is 2.72. The second kappa shape index (κ2) is 9.53. The van der Waals surface area contributed by atoms with Crippen LogP contribution < -0.4 is 10.0 Å². The van der Waals surface area contributed by atoms with Crippen LogP contribution in [0, 0.1) is 11.7 Å². The van der Waals surface area contributed by atoms with Crippen LogP contribution in [0.3, 0.4) is 0 Å². The summed E-state index contributed by atoms with van der Waals surface area (Å²) in [5.74, 6) is -1.32. The molecule has 1 aliphatic rings. The largest absolute Gasteiger partial charge is 0.326 e. The fourth-order valence-electron chi connectivity index (χ4n) is 3.29. The molecule has 0 saturated carbocycles. The first-order valence-electron chi connectivity index (χ1n) is 9.86. The maximum absolute atomic E-state index is 13.0. The lowest BCUT2D eigenvalue weighted by atomic mass is 9.99. The van der Waals surface area contributed by atoms with Gasteiger partial charge in [0.15, 0.2) is 0 Å². The molecule has 12 heteroatoms. The summed E-state index contributed by atoms with van der Waals surface area (Å²) >= 11 is 0. The Balaban J connectivity index is 1.65. The van der Waals surface area contributed by atoms with Crippen molar-refractivity contribution >= 4 is 37.5 Å². The molecular formula is C20H25FN4O5S2. The van der Waals surface area contributed by atoms with Gasteiger partial charge in [0.25, 0.3) is 20.2 Å². The van der Waals surface area contributed by atoms with Crippen molar-refractivity contribution in [1.82, 2.24) is 8.61 Å². The number of hydrogen-bond donors (Lipinski definition) is 2. The van der Waals surface area contributed by atoms with Gasteiger partial charge in [-0.2, -0.15) is 17.0 Å². The van der Waals surface area contributed by atoms with E-state index in [-0.39, 0.29) is 23.0 Å². The Bertz CT molecular complexity index is 1170. The van der Waals surface area contributed by atoms with E-state index in [1.54, 1.807) is 0 Å². The lowest BCUT2D eigenvalue weighted by Crippen LogP contribution is -2.47. The molecule has 0 aliphatic carbocycles. The molecule has 1 unspecified atom stereocenters. The van der Waals surface area contributed by atoms with Crippen LogP contribution >= 0.6 is 0 Å². The zero-order valence-electron chi connectivity index (χ0n) is 17.7. The molecule has 2 aromatic carbocycles. The van der Waals surface area contributed by atoms with Gasteiger partial charge in [0, 0.05) is 38.6 Å². The Morgan fingerprint density at radius 1 is 1.00 bits per heavy atom. The molecule has 1 aliphatic heterocycles. The molecule has 0 radical (unpaired) electrons. The minimum atomic E-state index is -3.89. The Kier molecular flexibility index (Phi) is 7.18. The zero-order valence-corrected chi connectivity index (χ0v) is 19.3. The summed E-state index contributed by atoms with van der Waals surface area (Å²) < 4.78 is 67.4. The minimum absolute atomic E-state index is 0.0271. The number of nitrogens with one attached hydrogen (secondary N) is 2. The van der Waals surface area contributed by atoms with E-state index >= 15 is 0 Å². The van der Waals surface area contributed by atoms with Crippen molar-refractivity contribution in [2.24, 2.45) is 5.92 Å². The average Bonchev–Trinajstić information content (AvgIpc) is 2.75. The van der Waals surface area contributed by atoms with E-state index in [0.29, 0.717) is 25.1 Å². The number of rotatable bonds is 7. The number of carbonyl (C=O) groups is 1. The first kappa shape index (κ1) is 24.1. The fraction of sp³-hybridized carbons (Fsp3) is 0.350. The first-order chi connectivity index (χ1) is 15.0. The van der Waals surface area contributed by atoms with Crippen molar-refractivity contribution in [3.8, 4) is 0 Å². The molecule has 1 amide bonds. The SMILES string of the molecule is CN(C)S(=O)(=O)N1CCCC(C(=O)Nc2ccc(S(=O)(=O)Nc3ccc(F)cc3)cc2)C1. The van der Waals surface area contributed by atoms with E-state index in [2.05, 4.69) is 10.0 Å². The predicted molar refractivity (Wildman–Crippen MR) is 119 cm³/mol. The van der Waals surface area contributed by atoms with Gasteiger partial charge >= 0.3 is 0 Å². The van der Waals surface area contributed by atoms with Crippen molar-refractivity contribution in [3.05, 3.63) is 54.3 Å². The molecule has 9 nitrogen and oxygen atoms in total. The quantitative estimate of drug-likeness (QED) is 0.624. The molecule has 0 bridgehead atoms. The highest BCUT2D eigenvalue weighted by molar-refractivity contribution is 7.92. The van der Waals surface area contributed by atoms with Gasteiger partial charge in [0.2, 0.25) is 5.91 Å². The molecule has 174 valence electrons. The summed E-state index contributed by atoms with van der Waals surface area (Å²) in [6.45, 7) is 0.443. The third kappa shape index (κ3) is 5.63. The number of hydrogen-bond acceptors (Lipinski definition) is 5. The van der Waals surface area contributed by atoms with E-state index in [1.807, 2.05) is 0 Å². The molecule has 2 aromatic rings. The number of anilines is 2. The smallest absolute Gasteiger partial charge is 0.281 e. The van der Waals surface area contributed by atoms with Gasteiger partial charge in [-0.05, 0) is 61.4 Å². The summed E-state index contributed by atoms with van der Waals surface area (Å²) in [6.07, 6.45) is 1.12. The van der Waals surface area contributed by atoms with Crippen LogP contribution in [0.2, 0.25) is 0 Å².